The molecule has 4 rings (SSSR count). The summed E-state index contributed by atoms with van der Waals surface area (Å²) in [4.78, 5) is 18.3. The van der Waals surface area contributed by atoms with Crippen LogP contribution in [0.1, 0.15) is 21.7 Å². The highest BCUT2D eigenvalue weighted by Crippen LogP contribution is 2.26. The van der Waals surface area contributed by atoms with Crippen LogP contribution >= 0.6 is 11.3 Å². The Labute approximate surface area is 164 Å². The molecule has 0 radical (unpaired) electrons. The van der Waals surface area contributed by atoms with Gasteiger partial charge in [-0.3, -0.25) is 9.69 Å². The number of amides is 1. The van der Waals surface area contributed by atoms with Gasteiger partial charge in [-0.15, -0.1) is 11.3 Å². The molecular formula is C22H24N2O2S. The minimum absolute atomic E-state index is 0.166. The van der Waals surface area contributed by atoms with Crippen LogP contribution in [0.15, 0.2) is 54.6 Å². The Hall–Kier alpha value is -2.37. The topological polar surface area (TPSA) is 32.8 Å². The Morgan fingerprint density at radius 1 is 1.04 bits per heavy atom. The number of rotatable bonds is 4. The van der Waals surface area contributed by atoms with E-state index in [4.69, 9.17) is 4.74 Å². The zero-order valence-electron chi connectivity index (χ0n) is 15.6. The molecule has 27 heavy (non-hydrogen) atoms. The summed E-state index contributed by atoms with van der Waals surface area (Å²) in [7, 11) is 1.70. The van der Waals surface area contributed by atoms with Gasteiger partial charge in [0.05, 0.1) is 12.0 Å². The van der Waals surface area contributed by atoms with Crippen molar-refractivity contribution in [2.45, 2.75) is 13.0 Å². The number of benzene rings is 2. The van der Waals surface area contributed by atoms with Gasteiger partial charge >= 0.3 is 0 Å². The molecule has 1 amide bonds. The number of methoxy groups -OCH3 is 1. The monoisotopic (exact) mass is 380 g/mol. The van der Waals surface area contributed by atoms with Crippen molar-refractivity contribution in [1.82, 2.24) is 9.80 Å². The van der Waals surface area contributed by atoms with Gasteiger partial charge in [-0.25, -0.2) is 0 Å². The molecule has 1 fully saturated rings. The van der Waals surface area contributed by atoms with E-state index in [1.54, 1.807) is 18.4 Å². The van der Waals surface area contributed by atoms with Gasteiger partial charge in [0.1, 0.15) is 5.75 Å². The average Bonchev–Trinajstić information content (AvgIpc) is 3.01. The molecule has 1 aliphatic heterocycles. The maximum Gasteiger partial charge on any atom is 0.264 e. The SMILES string of the molecule is COc1cccc(CN2CCCN(C(=O)c3cc4ccccc4s3)CC2)c1. The fraction of sp³-hybridized carbons (Fsp3) is 0.318. The van der Waals surface area contributed by atoms with E-state index in [-0.39, 0.29) is 5.91 Å². The normalized spacial score (nSPS) is 15.7. The molecule has 0 spiro atoms. The molecule has 3 aromatic rings. The summed E-state index contributed by atoms with van der Waals surface area (Å²) < 4.78 is 6.50. The number of nitrogens with zero attached hydrogens (tertiary/aromatic N) is 2. The van der Waals surface area contributed by atoms with Crippen molar-refractivity contribution in [3.05, 3.63) is 65.0 Å². The van der Waals surface area contributed by atoms with Crippen molar-refractivity contribution >= 4 is 27.3 Å². The van der Waals surface area contributed by atoms with Crippen molar-refractivity contribution in [3.63, 3.8) is 0 Å². The van der Waals surface area contributed by atoms with E-state index >= 15 is 0 Å². The molecule has 140 valence electrons. The Morgan fingerprint density at radius 3 is 2.78 bits per heavy atom. The molecule has 0 N–H and O–H groups in total. The van der Waals surface area contributed by atoms with Crippen molar-refractivity contribution in [1.29, 1.82) is 0 Å². The largest absolute Gasteiger partial charge is 0.497 e. The first kappa shape index (κ1) is 18.0. The van der Waals surface area contributed by atoms with Gasteiger partial charge in [-0.2, -0.15) is 0 Å². The number of hydrogen-bond donors (Lipinski definition) is 0. The summed E-state index contributed by atoms with van der Waals surface area (Å²) in [6.45, 7) is 4.39. The van der Waals surface area contributed by atoms with Gasteiger partial charge in [0.15, 0.2) is 0 Å². The Balaban J connectivity index is 1.41. The molecule has 1 aromatic heterocycles. The lowest BCUT2D eigenvalue weighted by molar-refractivity contribution is 0.0766. The highest BCUT2D eigenvalue weighted by molar-refractivity contribution is 7.20. The van der Waals surface area contributed by atoms with E-state index in [2.05, 4.69) is 29.2 Å². The van der Waals surface area contributed by atoms with Crippen LogP contribution in [-0.4, -0.2) is 49.0 Å². The van der Waals surface area contributed by atoms with Crippen LogP contribution in [0.4, 0.5) is 0 Å². The molecule has 0 saturated carbocycles. The highest BCUT2D eigenvalue weighted by atomic mass is 32.1. The standard InChI is InChI=1S/C22H24N2O2S/c1-26-19-8-4-6-17(14-19)16-23-10-5-11-24(13-12-23)22(25)21-15-18-7-2-3-9-20(18)27-21/h2-4,6-9,14-15H,5,10-13,16H2,1H3. The Morgan fingerprint density at radius 2 is 1.93 bits per heavy atom. The van der Waals surface area contributed by atoms with Crippen molar-refractivity contribution in [2.75, 3.05) is 33.3 Å². The smallest absolute Gasteiger partial charge is 0.264 e. The molecule has 0 aliphatic carbocycles. The molecule has 2 heterocycles. The minimum Gasteiger partial charge on any atom is -0.497 e. The first-order valence-corrected chi connectivity index (χ1v) is 10.2. The summed E-state index contributed by atoms with van der Waals surface area (Å²) >= 11 is 1.59. The van der Waals surface area contributed by atoms with Crippen molar-refractivity contribution < 1.29 is 9.53 Å². The van der Waals surface area contributed by atoms with E-state index in [1.807, 2.05) is 35.2 Å². The lowest BCUT2D eigenvalue weighted by Crippen LogP contribution is -2.34. The lowest BCUT2D eigenvalue weighted by atomic mass is 10.2. The van der Waals surface area contributed by atoms with Crippen LogP contribution in [0.25, 0.3) is 10.1 Å². The predicted octanol–water partition coefficient (Wildman–Crippen LogP) is 4.26. The van der Waals surface area contributed by atoms with Crippen LogP contribution in [0.3, 0.4) is 0 Å². The molecular weight excluding hydrogens is 356 g/mol. The molecule has 4 nitrogen and oxygen atoms in total. The maximum atomic E-state index is 13.0. The van der Waals surface area contributed by atoms with Crippen molar-refractivity contribution in [3.8, 4) is 5.75 Å². The van der Waals surface area contributed by atoms with Gasteiger partial charge in [0, 0.05) is 37.4 Å². The first-order valence-electron chi connectivity index (χ1n) is 9.36. The maximum absolute atomic E-state index is 13.0. The van der Waals surface area contributed by atoms with E-state index in [9.17, 15) is 4.79 Å². The molecule has 0 atom stereocenters. The van der Waals surface area contributed by atoms with Crippen LogP contribution < -0.4 is 4.74 Å². The summed E-state index contributed by atoms with van der Waals surface area (Å²) in [5, 5.41) is 1.15. The van der Waals surface area contributed by atoms with E-state index in [0.717, 1.165) is 55.2 Å². The second-order valence-corrected chi connectivity index (χ2v) is 8.01. The molecule has 0 bridgehead atoms. The molecule has 2 aromatic carbocycles. The van der Waals surface area contributed by atoms with Gasteiger partial charge in [0.25, 0.3) is 5.91 Å². The summed E-state index contributed by atoms with van der Waals surface area (Å²) in [6.07, 6.45) is 1.00. The Kier molecular flexibility index (Phi) is 5.41. The van der Waals surface area contributed by atoms with Crippen LogP contribution in [0.5, 0.6) is 5.75 Å². The summed E-state index contributed by atoms with van der Waals surface area (Å²) in [5.41, 5.74) is 1.25. The third-order valence-electron chi connectivity index (χ3n) is 5.05. The summed E-state index contributed by atoms with van der Waals surface area (Å²) in [6, 6.07) is 18.4. The molecule has 1 aliphatic rings. The second-order valence-electron chi connectivity index (χ2n) is 6.92. The van der Waals surface area contributed by atoms with Crippen LogP contribution in [0, 0.1) is 0 Å². The number of fused-ring (bicyclic) bond motifs is 1. The first-order chi connectivity index (χ1) is 13.2. The van der Waals surface area contributed by atoms with Gasteiger partial charge in [0.2, 0.25) is 0 Å². The fourth-order valence-corrected chi connectivity index (χ4v) is 4.63. The number of hydrogen-bond acceptors (Lipinski definition) is 4. The lowest BCUT2D eigenvalue weighted by Gasteiger charge is -2.22. The second kappa shape index (κ2) is 8.11. The average molecular weight is 381 g/mol. The number of carbonyl (C=O) groups is 1. The van der Waals surface area contributed by atoms with Crippen LogP contribution in [0.2, 0.25) is 0 Å². The van der Waals surface area contributed by atoms with Gasteiger partial charge in [-0.05, 0) is 41.6 Å². The number of ether oxygens (including phenoxy) is 1. The third-order valence-corrected chi connectivity index (χ3v) is 6.16. The molecule has 0 unspecified atom stereocenters. The van der Waals surface area contributed by atoms with E-state index < -0.39 is 0 Å². The highest BCUT2D eigenvalue weighted by Gasteiger charge is 2.22. The predicted molar refractivity (Wildman–Crippen MR) is 111 cm³/mol. The van der Waals surface area contributed by atoms with Crippen molar-refractivity contribution in [2.24, 2.45) is 0 Å². The molecule has 1 saturated heterocycles. The summed E-state index contributed by atoms with van der Waals surface area (Å²) in [5.74, 6) is 1.06. The van der Waals surface area contributed by atoms with E-state index in [1.165, 1.54) is 10.3 Å². The molecule has 5 heteroatoms. The zero-order valence-corrected chi connectivity index (χ0v) is 16.4. The quantitative estimate of drug-likeness (QED) is 0.678. The number of carbonyl (C=O) groups excluding carboxylic acids is 1. The zero-order chi connectivity index (χ0) is 18.6. The number of thiophene rings is 1. The Bertz CT molecular complexity index is 904. The minimum atomic E-state index is 0.166. The van der Waals surface area contributed by atoms with Gasteiger partial charge < -0.3 is 9.64 Å². The van der Waals surface area contributed by atoms with E-state index in [0.29, 0.717) is 0 Å². The third kappa shape index (κ3) is 4.15. The fourth-order valence-electron chi connectivity index (χ4n) is 3.60. The van der Waals surface area contributed by atoms with Crippen LogP contribution in [-0.2, 0) is 6.54 Å². The van der Waals surface area contributed by atoms with Gasteiger partial charge in [-0.1, -0.05) is 30.3 Å².